The number of esters is 1. The molecule has 0 heterocycles. The van der Waals surface area contributed by atoms with Gasteiger partial charge in [-0.3, -0.25) is 0 Å². The summed E-state index contributed by atoms with van der Waals surface area (Å²) < 4.78 is 28.5. The van der Waals surface area contributed by atoms with E-state index in [9.17, 15) is 9.18 Å². The van der Waals surface area contributed by atoms with Gasteiger partial charge in [0, 0.05) is 0 Å². The largest absolute Gasteiger partial charge is 0.494 e. The normalized spacial score (nSPS) is 10.7. The molecule has 0 radical (unpaired) electrons. The van der Waals surface area contributed by atoms with E-state index in [0.717, 1.165) is 0 Å². The van der Waals surface area contributed by atoms with Crippen molar-refractivity contribution in [3.05, 3.63) is 65.5 Å². The second-order valence-corrected chi connectivity index (χ2v) is 5.11. The number of nitrogens with zero attached hydrogens (tertiary/aromatic N) is 1. The van der Waals surface area contributed by atoms with Gasteiger partial charge in [0.25, 0.3) is 0 Å². The molecule has 0 atom stereocenters. The quantitative estimate of drug-likeness (QED) is 0.312. The van der Waals surface area contributed by atoms with Crippen LogP contribution in [0.5, 0.6) is 11.5 Å². The molecular weight excluding hydrogens is 337 g/mol. The molecule has 2 aromatic rings. The minimum Gasteiger partial charge on any atom is -0.494 e. The van der Waals surface area contributed by atoms with Crippen LogP contribution in [0, 0.1) is 17.1 Å². The summed E-state index contributed by atoms with van der Waals surface area (Å²) in [5.74, 6) is 0.0857. The monoisotopic (exact) mass is 355 g/mol. The first kappa shape index (κ1) is 19.0. The highest BCUT2D eigenvalue weighted by atomic mass is 19.1. The Bertz CT molecular complexity index is 792. The number of hydrogen-bond acceptors (Lipinski definition) is 5. The molecule has 0 spiro atoms. The first-order valence-electron chi connectivity index (χ1n) is 8.02. The second-order valence-electron chi connectivity index (χ2n) is 5.11. The molecule has 134 valence electrons. The van der Waals surface area contributed by atoms with Crippen molar-refractivity contribution < 1.29 is 23.4 Å². The minimum atomic E-state index is -0.732. The van der Waals surface area contributed by atoms with Crippen LogP contribution >= 0.6 is 0 Å². The lowest BCUT2D eigenvalue weighted by atomic mass is 10.1. The summed E-state index contributed by atoms with van der Waals surface area (Å²) in [4.78, 5) is 12.0. The Morgan fingerprint density at radius 3 is 2.27 bits per heavy atom. The first-order chi connectivity index (χ1) is 12.6. The average Bonchev–Trinajstić information content (AvgIpc) is 2.66. The maximum Gasteiger partial charge on any atom is 0.349 e. The number of benzene rings is 2. The van der Waals surface area contributed by atoms with Gasteiger partial charge < -0.3 is 14.2 Å². The van der Waals surface area contributed by atoms with E-state index in [4.69, 9.17) is 19.5 Å². The molecule has 0 unspecified atom stereocenters. The maximum atomic E-state index is 12.8. The zero-order valence-corrected chi connectivity index (χ0v) is 14.3. The van der Waals surface area contributed by atoms with Gasteiger partial charge in [-0.1, -0.05) is 12.1 Å². The predicted molar refractivity (Wildman–Crippen MR) is 94.1 cm³/mol. The van der Waals surface area contributed by atoms with Crippen LogP contribution in [0.4, 0.5) is 4.39 Å². The Labute approximate surface area is 151 Å². The van der Waals surface area contributed by atoms with E-state index in [1.165, 1.54) is 30.3 Å². The van der Waals surface area contributed by atoms with Crippen LogP contribution < -0.4 is 9.47 Å². The van der Waals surface area contributed by atoms with Crippen LogP contribution in [0.25, 0.3) is 6.08 Å². The van der Waals surface area contributed by atoms with Crippen molar-refractivity contribution in [1.29, 1.82) is 5.26 Å². The number of rotatable bonds is 8. The summed E-state index contributed by atoms with van der Waals surface area (Å²) in [7, 11) is 0. The Morgan fingerprint density at radius 1 is 1.04 bits per heavy atom. The van der Waals surface area contributed by atoms with E-state index in [0.29, 0.717) is 23.7 Å². The van der Waals surface area contributed by atoms with E-state index >= 15 is 0 Å². The molecule has 26 heavy (non-hydrogen) atoms. The summed E-state index contributed by atoms with van der Waals surface area (Å²) in [6, 6.07) is 14.3. The molecule has 5 nitrogen and oxygen atoms in total. The predicted octanol–water partition coefficient (Wildman–Crippen LogP) is 3.75. The lowest BCUT2D eigenvalue weighted by molar-refractivity contribution is -0.139. The van der Waals surface area contributed by atoms with Crippen LogP contribution in [0.3, 0.4) is 0 Å². The molecule has 0 aliphatic heterocycles. The van der Waals surface area contributed by atoms with Gasteiger partial charge in [0.05, 0.1) is 6.61 Å². The molecule has 0 saturated heterocycles. The van der Waals surface area contributed by atoms with E-state index in [1.54, 1.807) is 24.3 Å². The molecule has 0 aliphatic rings. The van der Waals surface area contributed by atoms with E-state index < -0.39 is 5.97 Å². The third-order valence-electron chi connectivity index (χ3n) is 3.24. The standard InChI is InChI=1S/C20H18FNO4/c1-2-24-18-7-3-15(4-8-18)13-16(14-22)20(23)26-12-11-25-19-9-5-17(21)6-10-19/h3-10,13H,2,11-12H2,1H3/b16-13+. The van der Waals surface area contributed by atoms with Crippen LogP contribution in [-0.4, -0.2) is 25.8 Å². The lowest BCUT2D eigenvalue weighted by Crippen LogP contribution is -2.13. The van der Waals surface area contributed by atoms with Crippen LogP contribution in [0.15, 0.2) is 54.1 Å². The fraction of sp³-hybridized carbons (Fsp3) is 0.200. The highest BCUT2D eigenvalue weighted by Crippen LogP contribution is 2.15. The van der Waals surface area contributed by atoms with Crippen LogP contribution in [0.2, 0.25) is 0 Å². The van der Waals surface area contributed by atoms with Crippen molar-refractivity contribution in [1.82, 2.24) is 0 Å². The van der Waals surface area contributed by atoms with Crippen molar-refractivity contribution in [2.45, 2.75) is 6.92 Å². The highest BCUT2D eigenvalue weighted by molar-refractivity contribution is 5.97. The number of hydrogen-bond donors (Lipinski definition) is 0. The Balaban J connectivity index is 1.85. The number of carbonyl (C=O) groups is 1. The molecule has 2 rings (SSSR count). The summed E-state index contributed by atoms with van der Waals surface area (Å²) >= 11 is 0. The van der Waals surface area contributed by atoms with E-state index in [-0.39, 0.29) is 24.6 Å². The van der Waals surface area contributed by atoms with Gasteiger partial charge in [0.15, 0.2) is 0 Å². The number of ether oxygens (including phenoxy) is 3. The van der Waals surface area contributed by atoms with Crippen molar-refractivity contribution >= 4 is 12.0 Å². The fourth-order valence-corrected chi connectivity index (χ4v) is 2.03. The number of carbonyl (C=O) groups excluding carboxylic acids is 1. The maximum absolute atomic E-state index is 12.8. The van der Waals surface area contributed by atoms with Crippen LogP contribution in [-0.2, 0) is 9.53 Å². The molecule has 0 saturated carbocycles. The summed E-state index contributed by atoms with van der Waals surface area (Å²) in [5.41, 5.74) is 0.570. The topological polar surface area (TPSA) is 68.5 Å². The van der Waals surface area contributed by atoms with Gasteiger partial charge in [-0.05, 0) is 55.0 Å². The summed E-state index contributed by atoms with van der Waals surface area (Å²) in [6.45, 7) is 2.51. The van der Waals surface area contributed by atoms with E-state index in [1.807, 2.05) is 13.0 Å². The van der Waals surface area contributed by atoms with Crippen LogP contribution in [0.1, 0.15) is 12.5 Å². The van der Waals surface area contributed by atoms with Gasteiger partial charge in [-0.25, -0.2) is 9.18 Å². The lowest BCUT2D eigenvalue weighted by Gasteiger charge is -2.07. The van der Waals surface area contributed by atoms with Crippen molar-refractivity contribution in [3.8, 4) is 17.6 Å². The molecule has 2 aromatic carbocycles. The first-order valence-corrected chi connectivity index (χ1v) is 8.02. The molecule has 0 aliphatic carbocycles. The molecule has 0 aromatic heterocycles. The van der Waals surface area contributed by atoms with E-state index in [2.05, 4.69) is 0 Å². The molecule has 6 heteroatoms. The zero-order valence-electron chi connectivity index (χ0n) is 14.3. The second kappa shape index (κ2) is 9.84. The highest BCUT2D eigenvalue weighted by Gasteiger charge is 2.10. The van der Waals surface area contributed by atoms with Gasteiger partial charge in [0.2, 0.25) is 0 Å². The SMILES string of the molecule is CCOc1ccc(/C=C(\C#N)C(=O)OCCOc2ccc(F)cc2)cc1. The van der Waals surface area contributed by atoms with Gasteiger partial charge in [-0.2, -0.15) is 5.26 Å². The van der Waals surface area contributed by atoms with Gasteiger partial charge in [0.1, 0.15) is 42.2 Å². The third-order valence-corrected chi connectivity index (χ3v) is 3.24. The third kappa shape index (κ3) is 5.95. The van der Waals surface area contributed by atoms with Crippen molar-refractivity contribution in [2.75, 3.05) is 19.8 Å². The minimum absolute atomic E-state index is 0.0293. The number of halogens is 1. The molecule has 0 fully saturated rings. The summed E-state index contributed by atoms with van der Waals surface area (Å²) in [6.07, 6.45) is 1.44. The molecular formula is C20H18FNO4. The smallest absolute Gasteiger partial charge is 0.349 e. The molecule has 0 bridgehead atoms. The molecule has 0 amide bonds. The van der Waals surface area contributed by atoms with Gasteiger partial charge >= 0.3 is 5.97 Å². The Morgan fingerprint density at radius 2 is 1.65 bits per heavy atom. The Hall–Kier alpha value is -3.33. The van der Waals surface area contributed by atoms with Crippen molar-refractivity contribution in [2.24, 2.45) is 0 Å². The van der Waals surface area contributed by atoms with Gasteiger partial charge in [-0.15, -0.1) is 0 Å². The Kier molecular flexibility index (Phi) is 7.19. The number of nitriles is 1. The zero-order chi connectivity index (χ0) is 18.8. The molecule has 0 N–H and O–H groups in total. The van der Waals surface area contributed by atoms with Crippen molar-refractivity contribution in [3.63, 3.8) is 0 Å². The fourth-order valence-electron chi connectivity index (χ4n) is 2.03. The average molecular weight is 355 g/mol. The summed E-state index contributed by atoms with van der Waals surface area (Å²) in [5, 5.41) is 9.15.